The van der Waals surface area contributed by atoms with Crippen LogP contribution in [0.15, 0.2) is 30.3 Å². The van der Waals surface area contributed by atoms with Crippen molar-refractivity contribution in [2.45, 2.75) is 0 Å². The van der Waals surface area contributed by atoms with E-state index in [1.165, 1.54) is 0 Å². The lowest BCUT2D eigenvalue weighted by Gasteiger charge is -2.01. The molecule has 0 fully saturated rings. The molecule has 0 atom stereocenters. The Morgan fingerprint density at radius 3 is 2.58 bits per heavy atom. The van der Waals surface area contributed by atoms with Gasteiger partial charge in [-0.25, -0.2) is 9.68 Å². The molecule has 0 unspecified atom stereocenters. The second-order valence-corrected chi connectivity index (χ2v) is 2.01. The van der Waals surface area contributed by atoms with Crippen molar-refractivity contribution < 1.29 is 19.7 Å². The molecule has 64 valence electrons. The maximum atomic E-state index is 10.4. The molecule has 1 aromatic rings. The highest BCUT2D eigenvalue weighted by Gasteiger charge is 2.00. The number of aliphatic hydroxyl groups is 1. The van der Waals surface area contributed by atoms with Crippen LogP contribution >= 0.6 is 0 Å². The lowest BCUT2D eigenvalue weighted by Crippen LogP contribution is -2.11. The number of carbonyl (C=O) groups is 1. The Morgan fingerprint density at radius 1 is 1.33 bits per heavy atom. The molecule has 1 aromatic carbocycles. The molecule has 0 spiro atoms. The molecule has 0 aliphatic rings. The smallest absolute Gasteiger partial charge is 0.380 e. The summed E-state index contributed by atoms with van der Waals surface area (Å²) in [6, 6.07) is 8.54. The molecule has 0 saturated heterocycles. The summed E-state index contributed by atoms with van der Waals surface area (Å²) in [6.45, 7) is -0.688. The molecular weight excluding hydrogens is 160 g/mol. The number of benzene rings is 1. The van der Waals surface area contributed by atoms with Gasteiger partial charge in [-0.05, 0) is 12.1 Å². The topological polar surface area (TPSA) is 55.8 Å². The maximum Gasteiger partial charge on any atom is 0.380 e. The Kier molecular flexibility index (Phi) is 3.10. The average molecular weight is 168 g/mol. The van der Waals surface area contributed by atoms with Crippen LogP contribution in [0.1, 0.15) is 0 Å². The first-order valence-electron chi connectivity index (χ1n) is 3.36. The summed E-state index contributed by atoms with van der Waals surface area (Å²) in [7, 11) is 0. The summed E-state index contributed by atoms with van der Waals surface area (Å²) < 4.78 is 0. The van der Waals surface area contributed by atoms with E-state index in [1.807, 2.05) is 0 Å². The summed E-state index contributed by atoms with van der Waals surface area (Å²) in [6.07, 6.45) is 0. The van der Waals surface area contributed by atoms with Crippen LogP contribution in [-0.2, 0) is 9.68 Å². The predicted octanol–water partition coefficient (Wildman–Crippen LogP) is 0.516. The molecule has 0 aliphatic heterocycles. The predicted molar refractivity (Wildman–Crippen MR) is 40.2 cm³/mol. The van der Waals surface area contributed by atoms with Crippen molar-refractivity contribution in [1.82, 2.24) is 0 Å². The highest BCUT2D eigenvalue weighted by atomic mass is 17.2. The van der Waals surface area contributed by atoms with Gasteiger partial charge in [-0.1, -0.05) is 18.2 Å². The van der Waals surface area contributed by atoms with Crippen molar-refractivity contribution in [3.8, 4) is 5.75 Å². The van der Waals surface area contributed by atoms with E-state index in [-0.39, 0.29) is 0 Å². The van der Waals surface area contributed by atoms with Crippen LogP contribution in [0.4, 0.5) is 0 Å². The molecule has 4 nitrogen and oxygen atoms in total. The first kappa shape index (κ1) is 8.55. The fraction of sp³-hybridized carbons (Fsp3) is 0.125. The van der Waals surface area contributed by atoms with Gasteiger partial charge < -0.3 is 5.11 Å². The molecule has 0 amide bonds. The maximum absolute atomic E-state index is 10.4. The minimum atomic E-state index is -0.821. The van der Waals surface area contributed by atoms with E-state index in [2.05, 4.69) is 9.78 Å². The third-order valence-corrected chi connectivity index (χ3v) is 1.10. The third kappa shape index (κ3) is 2.59. The fourth-order valence-corrected chi connectivity index (χ4v) is 0.597. The highest BCUT2D eigenvalue weighted by Crippen LogP contribution is 2.08. The Morgan fingerprint density at radius 2 is 2.00 bits per heavy atom. The minimum absolute atomic E-state index is 0.416. The van der Waals surface area contributed by atoms with Crippen molar-refractivity contribution in [2.24, 2.45) is 0 Å². The lowest BCUT2D eigenvalue weighted by atomic mass is 10.3. The molecule has 12 heavy (non-hydrogen) atoms. The van der Waals surface area contributed by atoms with Crippen LogP contribution in [0, 0.1) is 0 Å². The largest absolute Gasteiger partial charge is 0.384 e. The first-order chi connectivity index (χ1) is 5.83. The molecule has 0 radical (unpaired) electrons. The molecule has 0 bridgehead atoms. The number of carbonyl (C=O) groups excluding carboxylic acids is 1. The number of aliphatic hydroxyl groups excluding tert-OH is 1. The molecule has 4 heteroatoms. The van der Waals surface area contributed by atoms with Gasteiger partial charge in [0.2, 0.25) is 0 Å². The average Bonchev–Trinajstić information content (AvgIpc) is 2.16. The van der Waals surface area contributed by atoms with E-state index in [1.54, 1.807) is 30.3 Å². The molecule has 1 rings (SSSR count). The normalized spacial score (nSPS) is 9.08. The van der Waals surface area contributed by atoms with Crippen molar-refractivity contribution in [2.75, 3.05) is 6.61 Å². The Labute approximate surface area is 69.3 Å². The summed E-state index contributed by atoms with van der Waals surface area (Å²) >= 11 is 0. The second kappa shape index (κ2) is 4.35. The molecule has 0 heterocycles. The van der Waals surface area contributed by atoms with Gasteiger partial charge in [-0.2, -0.15) is 0 Å². The number of para-hydroxylation sites is 1. The van der Waals surface area contributed by atoms with E-state index in [0.29, 0.717) is 5.75 Å². The standard InChI is InChI=1S/C8H8O4/c9-6-8(10)12-11-7-4-2-1-3-5-7/h1-5,9H,6H2. The highest BCUT2D eigenvalue weighted by molar-refractivity contribution is 5.69. The summed E-state index contributed by atoms with van der Waals surface area (Å²) in [5, 5.41) is 8.26. The van der Waals surface area contributed by atoms with Crippen LogP contribution < -0.4 is 4.89 Å². The Bertz CT molecular complexity index is 244. The second-order valence-electron chi connectivity index (χ2n) is 2.01. The van der Waals surface area contributed by atoms with Crippen molar-refractivity contribution in [3.05, 3.63) is 30.3 Å². The van der Waals surface area contributed by atoms with Gasteiger partial charge in [0.05, 0.1) is 0 Å². The van der Waals surface area contributed by atoms with Crippen molar-refractivity contribution >= 4 is 5.97 Å². The third-order valence-electron chi connectivity index (χ3n) is 1.10. The van der Waals surface area contributed by atoms with Crippen LogP contribution in [0.2, 0.25) is 0 Å². The van der Waals surface area contributed by atoms with Gasteiger partial charge in [-0.3, -0.25) is 4.89 Å². The fourth-order valence-electron chi connectivity index (χ4n) is 0.597. The zero-order valence-electron chi connectivity index (χ0n) is 6.27. The van der Waals surface area contributed by atoms with Crippen LogP contribution in [0.25, 0.3) is 0 Å². The van der Waals surface area contributed by atoms with Crippen LogP contribution in [0.5, 0.6) is 5.75 Å². The summed E-state index contributed by atoms with van der Waals surface area (Å²) in [5.41, 5.74) is 0. The monoisotopic (exact) mass is 168 g/mol. The van der Waals surface area contributed by atoms with Crippen LogP contribution in [0.3, 0.4) is 0 Å². The van der Waals surface area contributed by atoms with E-state index in [0.717, 1.165) is 0 Å². The molecule has 1 N–H and O–H groups in total. The summed E-state index contributed by atoms with van der Waals surface area (Å²) in [5.74, 6) is -0.404. The quantitative estimate of drug-likeness (QED) is 0.528. The number of hydrogen-bond donors (Lipinski definition) is 1. The van der Waals surface area contributed by atoms with Gasteiger partial charge >= 0.3 is 5.97 Å². The van der Waals surface area contributed by atoms with Crippen molar-refractivity contribution in [3.63, 3.8) is 0 Å². The van der Waals surface area contributed by atoms with Crippen molar-refractivity contribution in [1.29, 1.82) is 0 Å². The van der Waals surface area contributed by atoms with E-state index in [9.17, 15) is 4.79 Å². The van der Waals surface area contributed by atoms with E-state index >= 15 is 0 Å². The molecule has 0 aliphatic carbocycles. The first-order valence-corrected chi connectivity index (χ1v) is 3.36. The summed E-state index contributed by atoms with van der Waals surface area (Å²) in [4.78, 5) is 19.1. The van der Waals surface area contributed by atoms with Gasteiger partial charge in [-0.15, -0.1) is 0 Å². The molecule has 0 aromatic heterocycles. The van der Waals surface area contributed by atoms with E-state index in [4.69, 9.17) is 5.11 Å². The Hall–Kier alpha value is -1.55. The van der Waals surface area contributed by atoms with Gasteiger partial charge in [0.1, 0.15) is 6.61 Å². The zero-order chi connectivity index (χ0) is 8.81. The SMILES string of the molecule is O=C(CO)OOc1ccccc1. The number of hydrogen-bond acceptors (Lipinski definition) is 4. The molecule has 0 saturated carbocycles. The van der Waals surface area contributed by atoms with Gasteiger partial charge in [0.25, 0.3) is 0 Å². The molecular formula is C8H8O4. The zero-order valence-corrected chi connectivity index (χ0v) is 6.27. The van der Waals surface area contributed by atoms with E-state index < -0.39 is 12.6 Å². The Balaban J connectivity index is 2.38. The van der Waals surface area contributed by atoms with Gasteiger partial charge in [0.15, 0.2) is 5.75 Å². The number of rotatable bonds is 3. The lowest BCUT2D eigenvalue weighted by molar-refractivity contribution is -0.216. The van der Waals surface area contributed by atoms with Crippen LogP contribution in [-0.4, -0.2) is 17.7 Å². The van der Waals surface area contributed by atoms with Gasteiger partial charge in [0, 0.05) is 0 Å². The minimum Gasteiger partial charge on any atom is -0.384 e.